The first kappa shape index (κ1) is 11.1. The zero-order valence-corrected chi connectivity index (χ0v) is 9.90. The van der Waals surface area contributed by atoms with Gasteiger partial charge in [-0.15, -0.1) is 0 Å². The molecule has 0 fully saturated rings. The van der Waals surface area contributed by atoms with Crippen LogP contribution in [-0.4, -0.2) is 5.60 Å². The van der Waals surface area contributed by atoms with E-state index in [-0.39, 0.29) is 5.60 Å². The fraction of sp³-hybridized carbons (Fsp3) is 0.538. The largest absolute Gasteiger partial charge is 0.492 e. The maximum Gasteiger partial charge on any atom is 0.107 e. The monoisotopic (exact) mass is 192 g/mol. The van der Waals surface area contributed by atoms with Crippen LogP contribution in [0, 0.1) is 0 Å². The normalized spacial score (nSPS) is 21.1. The van der Waals surface area contributed by atoms with Crippen LogP contribution in [-0.2, 0) is 4.74 Å². The molecule has 0 N–H and O–H groups in total. The maximum atomic E-state index is 5.75. The van der Waals surface area contributed by atoms with Gasteiger partial charge in [0.2, 0.25) is 0 Å². The summed E-state index contributed by atoms with van der Waals surface area (Å²) in [6, 6.07) is 0. The maximum absolute atomic E-state index is 5.75. The lowest BCUT2D eigenvalue weighted by Gasteiger charge is -2.18. The second-order valence-corrected chi connectivity index (χ2v) is 4.73. The summed E-state index contributed by atoms with van der Waals surface area (Å²) in [6.07, 6.45) is 3.18. The van der Waals surface area contributed by atoms with Crippen LogP contribution in [0.15, 0.2) is 35.1 Å². The van der Waals surface area contributed by atoms with E-state index in [0.717, 1.165) is 17.8 Å². The first-order chi connectivity index (χ1) is 6.32. The van der Waals surface area contributed by atoms with Gasteiger partial charge in [0.25, 0.3) is 0 Å². The molecule has 0 amide bonds. The van der Waals surface area contributed by atoms with Gasteiger partial charge in [-0.25, -0.2) is 0 Å². The summed E-state index contributed by atoms with van der Waals surface area (Å²) in [5.41, 5.74) is 3.62. The number of hydrogen-bond donors (Lipinski definition) is 0. The summed E-state index contributed by atoms with van der Waals surface area (Å²) in [4.78, 5) is 0. The molecular weight excluding hydrogens is 172 g/mol. The molecule has 1 nitrogen and oxygen atoms in total. The van der Waals surface area contributed by atoms with Gasteiger partial charge < -0.3 is 4.74 Å². The number of rotatable bonds is 2. The number of allylic oxidation sites excluding steroid dienone is 4. The Morgan fingerprint density at radius 2 is 2.00 bits per heavy atom. The second-order valence-electron chi connectivity index (χ2n) is 4.73. The molecule has 0 bridgehead atoms. The van der Waals surface area contributed by atoms with Crippen molar-refractivity contribution in [2.75, 3.05) is 0 Å². The van der Waals surface area contributed by atoms with E-state index >= 15 is 0 Å². The first-order valence-corrected chi connectivity index (χ1v) is 5.05. The summed E-state index contributed by atoms with van der Waals surface area (Å²) in [6.45, 7) is 14.3. The average Bonchev–Trinajstić information content (AvgIpc) is 2.24. The van der Waals surface area contributed by atoms with E-state index in [9.17, 15) is 0 Å². The van der Waals surface area contributed by atoms with Crippen LogP contribution < -0.4 is 0 Å². The Morgan fingerprint density at radius 1 is 1.43 bits per heavy atom. The minimum Gasteiger partial charge on any atom is -0.492 e. The third kappa shape index (κ3) is 2.50. The molecule has 0 unspecified atom stereocenters. The zero-order valence-electron chi connectivity index (χ0n) is 9.90. The molecular formula is C13H20O. The van der Waals surface area contributed by atoms with E-state index in [1.54, 1.807) is 0 Å². The van der Waals surface area contributed by atoms with Gasteiger partial charge in [0, 0.05) is 6.42 Å². The van der Waals surface area contributed by atoms with Gasteiger partial charge in [-0.2, -0.15) is 0 Å². The van der Waals surface area contributed by atoms with Gasteiger partial charge in [0.05, 0.1) is 5.76 Å². The quantitative estimate of drug-likeness (QED) is 0.601. The van der Waals surface area contributed by atoms with Crippen molar-refractivity contribution in [1.82, 2.24) is 0 Å². The van der Waals surface area contributed by atoms with Gasteiger partial charge in [0.1, 0.15) is 5.60 Å². The van der Waals surface area contributed by atoms with Crippen molar-refractivity contribution in [2.24, 2.45) is 0 Å². The molecule has 0 aromatic rings. The summed E-state index contributed by atoms with van der Waals surface area (Å²) in [5, 5.41) is 0. The smallest absolute Gasteiger partial charge is 0.107 e. The molecule has 0 saturated carbocycles. The molecule has 0 aromatic carbocycles. The van der Waals surface area contributed by atoms with Gasteiger partial charge in [-0.05, 0) is 45.8 Å². The van der Waals surface area contributed by atoms with Crippen LogP contribution in [0.4, 0.5) is 0 Å². The lowest BCUT2D eigenvalue weighted by atomic mass is 9.98. The van der Waals surface area contributed by atoms with Crippen molar-refractivity contribution in [2.45, 2.75) is 46.6 Å². The molecule has 1 aliphatic heterocycles. The highest BCUT2D eigenvalue weighted by Crippen LogP contribution is 2.34. The molecule has 0 saturated heterocycles. The third-order valence-electron chi connectivity index (χ3n) is 2.56. The zero-order chi connectivity index (χ0) is 10.9. The SMILES string of the molecule is C=C(C)/C(C)=C/C1=C(C)OC(C)(C)C1. The highest BCUT2D eigenvalue weighted by molar-refractivity contribution is 5.36. The van der Waals surface area contributed by atoms with E-state index in [1.165, 1.54) is 11.1 Å². The Balaban J connectivity index is 2.86. The van der Waals surface area contributed by atoms with Gasteiger partial charge in [-0.1, -0.05) is 18.2 Å². The molecule has 1 rings (SSSR count). The Bertz CT molecular complexity index is 316. The van der Waals surface area contributed by atoms with E-state index in [1.807, 2.05) is 13.8 Å². The summed E-state index contributed by atoms with van der Waals surface area (Å²) < 4.78 is 5.75. The lowest BCUT2D eigenvalue weighted by molar-refractivity contribution is 0.0626. The van der Waals surface area contributed by atoms with Crippen LogP contribution in [0.25, 0.3) is 0 Å². The summed E-state index contributed by atoms with van der Waals surface area (Å²) >= 11 is 0. The third-order valence-corrected chi connectivity index (χ3v) is 2.56. The molecule has 0 radical (unpaired) electrons. The molecule has 1 aliphatic rings. The molecule has 0 atom stereocenters. The Hall–Kier alpha value is -0.980. The molecule has 14 heavy (non-hydrogen) atoms. The van der Waals surface area contributed by atoms with Crippen molar-refractivity contribution >= 4 is 0 Å². The van der Waals surface area contributed by atoms with Gasteiger partial charge in [0.15, 0.2) is 0 Å². The lowest BCUT2D eigenvalue weighted by Crippen LogP contribution is -2.17. The van der Waals surface area contributed by atoms with Crippen LogP contribution in [0.1, 0.15) is 41.0 Å². The number of ether oxygens (including phenoxy) is 1. The van der Waals surface area contributed by atoms with E-state index < -0.39 is 0 Å². The highest BCUT2D eigenvalue weighted by atomic mass is 16.5. The van der Waals surface area contributed by atoms with Crippen LogP contribution in [0.2, 0.25) is 0 Å². The minimum atomic E-state index is -0.0364. The Morgan fingerprint density at radius 3 is 2.36 bits per heavy atom. The van der Waals surface area contributed by atoms with E-state index in [2.05, 4.69) is 33.4 Å². The summed E-state index contributed by atoms with van der Waals surface area (Å²) in [7, 11) is 0. The van der Waals surface area contributed by atoms with Crippen molar-refractivity contribution < 1.29 is 4.74 Å². The molecule has 1 heterocycles. The van der Waals surface area contributed by atoms with Crippen molar-refractivity contribution in [3.63, 3.8) is 0 Å². The average molecular weight is 192 g/mol. The van der Waals surface area contributed by atoms with Crippen molar-refractivity contribution in [1.29, 1.82) is 0 Å². The molecule has 1 heteroatoms. The van der Waals surface area contributed by atoms with Crippen molar-refractivity contribution in [3.05, 3.63) is 35.1 Å². The van der Waals surface area contributed by atoms with Gasteiger partial charge in [-0.3, -0.25) is 0 Å². The van der Waals surface area contributed by atoms with Crippen LogP contribution >= 0.6 is 0 Å². The predicted octanol–water partition coefficient (Wildman–Crippen LogP) is 3.98. The standard InChI is InChI=1S/C13H20O/c1-9(2)10(3)7-12-8-13(5,6)14-11(12)4/h7H,1,8H2,2-6H3/b10-7+. The summed E-state index contributed by atoms with van der Waals surface area (Å²) in [5.74, 6) is 1.05. The fourth-order valence-electron chi connectivity index (χ4n) is 1.64. The predicted molar refractivity (Wildman–Crippen MR) is 61.1 cm³/mol. The van der Waals surface area contributed by atoms with E-state index in [4.69, 9.17) is 4.74 Å². The fourth-order valence-corrected chi connectivity index (χ4v) is 1.64. The molecule has 0 aromatic heterocycles. The van der Waals surface area contributed by atoms with Crippen LogP contribution in [0.5, 0.6) is 0 Å². The van der Waals surface area contributed by atoms with E-state index in [0.29, 0.717) is 0 Å². The number of hydrogen-bond acceptors (Lipinski definition) is 1. The van der Waals surface area contributed by atoms with Crippen LogP contribution in [0.3, 0.4) is 0 Å². The molecule has 0 aliphatic carbocycles. The Labute approximate surface area is 87.2 Å². The Kier molecular flexibility index (Phi) is 2.89. The van der Waals surface area contributed by atoms with Crippen molar-refractivity contribution in [3.8, 4) is 0 Å². The molecule has 78 valence electrons. The minimum absolute atomic E-state index is 0.0364. The highest BCUT2D eigenvalue weighted by Gasteiger charge is 2.28. The first-order valence-electron chi connectivity index (χ1n) is 5.05. The topological polar surface area (TPSA) is 9.23 Å². The van der Waals surface area contributed by atoms with Gasteiger partial charge >= 0.3 is 0 Å². The molecule has 0 spiro atoms. The second kappa shape index (κ2) is 3.64.